The van der Waals surface area contributed by atoms with E-state index in [2.05, 4.69) is 20.1 Å². The summed E-state index contributed by atoms with van der Waals surface area (Å²) in [7, 11) is 0. The minimum absolute atomic E-state index is 0.120. The molecule has 1 aliphatic heterocycles. The molecule has 0 saturated heterocycles. The van der Waals surface area contributed by atoms with Crippen LogP contribution in [0.1, 0.15) is 10.4 Å². The third-order valence-corrected chi connectivity index (χ3v) is 3.05. The Morgan fingerprint density at radius 3 is 2.42 bits per heavy atom. The first-order chi connectivity index (χ1) is 11.3. The lowest BCUT2D eigenvalue weighted by molar-refractivity contribution is -0.286. The van der Waals surface area contributed by atoms with Crippen LogP contribution < -0.4 is 25.8 Å². The number of carbonyl (C=O) groups excluding carboxylic acids is 2. The lowest BCUT2D eigenvalue weighted by Gasteiger charge is -2.08. The number of anilines is 2. The maximum Gasteiger partial charge on any atom is 0.586 e. The number of alkyl halides is 2. The van der Waals surface area contributed by atoms with Gasteiger partial charge < -0.3 is 25.8 Å². The standard InChI is InChI=1S/C15H11F2N3O4/c16-15(17)23-11-5-4-10(7-12(11)24-15)19-13(21)8-2-1-3-9(6-8)20-14(18)22/h1-7H,(H,19,21)(H3,18,20,22). The Labute approximate surface area is 134 Å². The summed E-state index contributed by atoms with van der Waals surface area (Å²) in [4.78, 5) is 23.0. The number of benzene rings is 2. The van der Waals surface area contributed by atoms with E-state index in [1.54, 1.807) is 12.1 Å². The Hall–Kier alpha value is -3.36. The molecule has 3 rings (SSSR count). The van der Waals surface area contributed by atoms with Crippen LogP contribution in [-0.4, -0.2) is 18.2 Å². The fourth-order valence-corrected chi connectivity index (χ4v) is 2.11. The van der Waals surface area contributed by atoms with E-state index in [4.69, 9.17) is 5.73 Å². The summed E-state index contributed by atoms with van der Waals surface area (Å²) >= 11 is 0. The van der Waals surface area contributed by atoms with Crippen molar-refractivity contribution in [2.24, 2.45) is 5.73 Å². The number of ether oxygens (including phenoxy) is 2. The number of carbonyl (C=O) groups is 2. The molecule has 0 bridgehead atoms. The molecular formula is C15H11F2N3O4. The summed E-state index contributed by atoms with van der Waals surface area (Å²) in [5, 5.41) is 4.88. The number of primary amides is 1. The van der Waals surface area contributed by atoms with Gasteiger partial charge in [0.1, 0.15) is 0 Å². The second-order valence-corrected chi connectivity index (χ2v) is 4.85. The summed E-state index contributed by atoms with van der Waals surface area (Å²) in [6, 6.07) is 9.17. The predicted molar refractivity (Wildman–Crippen MR) is 80.2 cm³/mol. The van der Waals surface area contributed by atoms with E-state index in [0.717, 1.165) is 0 Å². The number of amides is 3. The molecule has 0 fully saturated rings. The zero-order valence-corrected chi connectivity index (χ0v) is 12.0. The van der Waals surface area contributed by atoms with E-state index in [9.17, 15) is 18.4 Å². The van der Waals surface area contributed by atoms with Crippen molar-refractivity contribution in [1.82, 2.24) is 0 Å². The lowest BCUT2D eigenvalue weighted by atomic mass is 10.2. The highest BCUT2D eigenvalue weighted by Gasteiger charge is 2.43. The Kier molecular flexibility index (Phi) is 3.68. The Morgan fingerprint density at radius 1 is 0.958 bits per heavy atom. The Balaban J connectivity index is 1.75. The molecule has 3 amide bonds. The van der Waals surface area contributed by atoms with Crippen LogP contribution in [0, 0.1) is 0 Å². The normalized spacial score (nSPS) is 14.1. The summed E-state index contributed by atoms with van der Waals surface area (Å²) in [6.07, 6.45) is -3.72. The molecule has 9 heteroatoms. The lowest BCUT2D eigenvalue weighted by Crippen LogP contribution is -2.25. The van der Waals surface area contributed by atoms with Crippen molar-refractivity contribution in [1.29, 1.82) is 0 Å². The fourth-order valence-electron chi connectivity index (χ4n) is 2.11. The molecule has 0 aromatic heterocycles. The highest BCUT2D eigenvalue weighted by molar-refractivity contribution is 6.05. The number of nitrogens with two attached hydrogens (primary N) is 1. The largest absolute Gasteiger partial charge is 0.586 e. The van der Waals surface area contributed by atoms with Crippen LogP contribution in [0.4, 0.5) is 25.0 Å². The average Bonchev–Trinajstić information content (AvgIpc) is 2.80. The van der Waals surface area contributed by atoms with Gasteiger partial charge in [0.05, 0.1) is 0 Å². The number of rotatable bonds is 3. The first kappa shape index (κ1) is 15.5. The second-order valence-electron chi connectivity index (χ2n) is 4.85. The zero-order valence-electron chi connectivity index (χ0n) is 12.0. The Morgan fingerprint density at radius 2 is 1.67 bits per heavy atom. The quantitative estimate of drug-likeness (QED) is 0.802. The van der Waals surface area contributed by atoms with Crippen LogP contribution in [0.5, 0.6) is 11.5 Å². The van der Waals surface area contributed by atoms with Gasteiger partial charge in [-0.25, -0.2) is 4.79 Å². The summed E-state index contributed by atoms with van der Waals surface area (Å²) in [6.45, 7) is 0. The molecule has 0 saturated carbocycles. The first-order valence-corrected chi connectivity index (χ1v) is 6.70. The third kappa shape index (κ3) is 3.35. The number of halogens is 2. The van der Waals surface area contributed by atoms with Crippen molar-refractivity contribution in [2.45, 2.75) is 6.29 Å². The molecule has 0 aliphatic carbocycles. The van der Waals surface area contributed by atoms with Crippen LogP contribution in [0.2, 0.25) is 0 Å². The topological polar surface area (TPSA) is 103 Å². The average molecular weight is 335 g/mol. The smallest absolute Gasteiger partial charge is 0.395 e. The van der Waals surface area contributed by atoms with Crippen LogP contribution in [0.15, 0.2) is 42.5 Å². The van der Waals surface area contributed by atoms with Crippen molar-refractivity contribution in [2.75, 3.05) is 10.6 Å². The number of fused-ring (bicyclic) bond motifs is 1. The van der Waals surface area contributed by atoms with E-state index in [-0.39, 0.29) is 22.7 Å². The van der Waals surface area contributed by atoms with Crippen molar-refractivity contribution < 1.29 is 27.8 Å². The SMILES string of the molecule is NC(=O)Nc1cccc(C(=O)Nc2ccc3c(c2)OC(F)(F)O3)c1. The van der Waals surface area contributed by atoms with Crippen LogP contribution in [0.25, 0.3) is 0 Å². The van der Waals surface area contributed by atoms with E-state index in [1.807, 2.05) is 0 Å². The number of hydrogen-bond donors (Lipinski definition) is 3. The predicted octanol–water partition coefficient (Wildman–Crippen LogP) is 2.75. The summed E-state index contributed by atoms with van der Waals surface area (Å²) in [5.74, 6) is -0.804. The molecular weight excluding hydrogens is 324 g/mol. The first-order valence-electron chi connectivity index (χ1n) is 6.70. The van der Waals surface area contributed by atoms with Gasteiger partial charge in [-0.05, 0) is 30.3 Å². The number of nitrogens with one attached hydrogen (secondary N) is 2. The molecule has 4 N–H and O–H groups in total. The monoisotopic (exact) mass is 335 g/mol. The highest BCUT2D eigenvalue weighted by atomic mass is 19.3. The van der Waals surface area contributed by atoms with Gasteiger partial charge in [-0.3, -0.25) is 4.79 Å². The molecule has 7 nitrogen and oxygen atoms in total. The maximum atomic E-state index is 13.0. The van der Waals surface area contributed by atoms with Crippen LogP contribution in [-0.2, 0) is 0 Å². The van der Waals surface area contributed by atoms with Gasteiger partial charge in [-0.1, -0.05) is 6.07 Å². The molecule has 2 aromatic carbocycles. The van der Waals surface area contributed by atoms with Gasteiger partial charge in [0.25, 0.3) is 5.91 Å². The van der Waals surface area contributed by atoms with E-state index >= 15 is 0 Å². The summed E-state index contributed by atoms with van der Waals surface area (Å²) < 4.78 is 34.5. The van der Waals surface area contributed by atoms with Crippen LogP contribution in [0.3, 0.4) is 0 Å². The van der Waals surface area contributed by atoms with Gasteiger partial charge >= 0.3 is 12.3 Å². The molecule has 0 spiro atoms. The molecule has 0 atom stereocenters. The van der Waals surface area contributed by atoms with Gasteiger partial charge in [-0.2, -0.15) is 0 Å². The van der Waals surface area contributed by atoms with Gasteiger partial charge in [-0.15, -0.1) is 8.78 Å². The number of hydrogen-bond acceptors (Lipinski definition) is 4. The fraction of sp³-hybridized carbons (Fsp3) is 0.0667. The van der Waals surface area contributed by atoms with Crippen molar-refractivity contribution >= 4 is 23.3 Å². The maximum absolute atomic E-state index is 13.0. The second kappa shape index (κ2) is 5.69. The van der Waals surface area contributed by atoms with E-state index in [0.29, 0.717) is 5.69 Å². The van der Waals surface area contributed by atoms with Crippen molar-refractivity contribution in [3.63, 3.8) is 0 Å². The molecule has 1 heterocycles. The zero-order chi connectivity index (χ0) is 17.3. The minimum Gasteiger partial charge on any atom is -0.395 e. The Bertz CT molecular complexity index is 826. The molecule has 2 aromatic rings. The van der Waals surface area contributed by atoms with E-state index in [1.165, 1.54) is 30.3 Å². The van der Waals surface area contributed by atoms with E-state index < -0.39 is 18.2 Å². The van der Waals surface area contributed by atoms with Crippen molar-refractivity contribution in [3.8, 4) is 11.5 Å². The highest BCUT2D eigenvalue weighted by Crippen LogP contribution is 2.42. The number of urea groups is 1. The molecule has 0 radical (unpaired) electrons. The van der Waals surface area contributed by atoms with Crippen LogP contribution >= 0.6 is 0 Å². The third-order valence-electron chi connectivity index (χ3n) is 3.05. The summed E-state index contributed by atoms with van der Waals surface area (Å²) in [5.41, 5.74) is 5.84. The minimum atomic E-state index is -3.72. The molecule has 124 valence electrons. The van der Waals surface area contributed by atoms with Gasteiger partial charge in [0.2, 0.25) is 0 Å². The van der Waals surface area contributed by atoms with Gasteiger partial charge in [0, 0.05) is 23.0 Å². The van der Waals surface area contributed by atoms with Gasteiger partial charge in [0.15, 0.2) is 11.5 Å². The van der Waals surface area contributed by atoms with Crippen molar-refractivity contribution in [3.05, 3.63) is 48.0 Å². The molecule has 1 aliphatic rings. The molecule has 0 unspecified atom stereocenters. The molecule has 24 heavy (non-hydrogen) atoms.